The van der Waals surface area contributed by atoms with E-state index >= 15 is 0 Å². The maximum absolute atomic E-state index is 12.6. The van der Waals surface area contributed by atoms with Gasteiger partial charge in [-0.25, -0.2) is 24.0 Å². The first kappa shape index (κ1) is 40.4. The van der Waals surface area contributed by atoms with Gasteiger partial charge in [-0.3, -0.25) is 4.98 Å². The minimum absolute atomic E-state index is 0.0294. The molecular formula is C35H63N3O7. The summed E-state index contributed by atoms with van der Waals surface area (Å²) >= 11 is 0. The van der Waals surface area contributed by atoms with Gasteiger partial charge in [-0.1, -0.05) is 177 Å². The van der Waals surface area contributed by atoms with Gasteiger partial charge in [0.2, 0.25) is 0 Å². The second-order valence-corrected chi connectivity index (χ2v) is 12.5. The highest BCUT2D eigenvalue weighted by Gasteiger charge is 2.17. The van der Waals surface area contributed by atoms with Crippen molar-refractivity contribution in [3.63, 3.8) is 0 Å². The number of aromatic nitrogens is 3. The molecule has 45 heavy (non-hydrogen) atoms. The molecule has 260 valence electrons. The van der Waals surface area contributed by atoms with E-state index < -0.39 is 29.0 Å². The third-order valence-corrected chi connectivity index (χ3v) is 8.29. The Labute approximate surface area is 270 Å². The Morgan fingerprint density at radius 1 is 0.444 bits per heavy atom. The van der Waals surface area contributed by atoms with E-state index in [4.69, 9.17) is 9.68 Å². The highest BCUT2D eigenvalue weighted by molar-refractivity contribution is 5.70. The van der Waals surface area contributed by atoms with Crippen LogP contribution in [0.4, 0.5) is 0 Å². The fraction of sp³-hybridized carbons (Fsp3) is 0.857. The van der Waals surface area contributed by atoms with E-state index in [1.807, 2.05) is 4.98 Å². The van der Waals surface area contributed by atoms with Gasteiger partial charge < -0.3 is 9.68 Å². The Balaban J connectivity index is 2.24. The molecule has 0 unspecified atom stereocenters. The molecule has 0 aliphatic carbocycles. The number of nitrogens with one attached hydrogen (secondary N) is 1. The number of nitrogens with zero attached hydrogens (tertiary/aromatic N) is 2. The van der Waals surface area contributed by atoms with Crippen molar-refractivity contribution >= 4 is 11.9 Å². The molecule has 0 fully saturated rings. The molecule has 0 amide bonds. The van der Waals surface area contributed by atoms with Gasteiger partial charge in [-0.2, -0.15) is 0 Å². The zero-order valence-electron chi connectivity index (χ0n) is 28.6. The lowest BCUT2D eigenvalue weighted by molar-refractivity contribution is -0.148. The second kappa shape index (κ2) is 27.6. The van der Waals surface area contributed by atoms with Crippen LogP contribution >= 0.6 is 0 Å². The van der Waals surface area contributed by atoms with E-state index in [9.17, 15) is 24.0 Å². The van der Waals surface area contributed by atoms with Crippen molar-refractivity contribution < 1.29 is 19.3 Å². The Morgan fingerprint density at radius 2 is 0.689 bits per heavy atom. The molecule has 0 aliphatic rings. The van der Waals surface area contributed by atoms with Gasteiger partial charge in [0.05, 0.1) is 0 Å². The number of hydrogen-bond acceptors (Lipinski definition) is 7. The van der Waals surface area contributed by atoms with E-state index in [0.717, 1.165) is 38.5 Å². The van der Waals surface area contributed by atoms with Gasteiger partial charge >= 0.3 is 29.0 Å². The fourth-order valence-electron chi connectivity index (χ4n) is 5.48. The molecule has 0 saturated heterocycles. The summed E-state index contributed by atoms with van der Waals surface area (Å²) in [4.78, 5) is 73.0. The number of H-pyrrole nitrogens is 1. The molecule has 1 heterocycles. The van der Waals surface area contributed by atoms with Crippen LogP contribution in [0.25, 0.3) is 0 Å². The van der Waals surface area contributed by atoms with Crippen molar-refractivity contribution in [1.29, 1.82) is 0 Å². The summed E-state index contributed by atoms with van der Waals surface area (Å²) in [7, 11) is 0. The largest absolute Gasteiger partial charge is 0.404 e. The van der Waals surface area contributed by atoms with Crippen LogP contribution in [0.3, 0.4) is 0 Å². The van der Waals surface area contributed by atoms with E-state index in [2.05, 4.69) is 13.8 Å². The number of hydrogen-bond donors (Lipinski definition) is 1. The highest BCUT2D eigenvalue weighted by atomic mass is 16.7. The van der Waals surface area contributed by atoms with Gasteiger partial charge in [0.25, 0.3) is 0 Å². The molecule has 10 heteroatoms. The fourth-order valence-corrected chi connectivity index (χ4v) is 5.48. The average Bonchev–Trinajstić information content (AvgIpc) is 3.02. The Kier molecular flexibility index (Phi) is 24.8. The highest BCUT2D eigenvalue weighted by Crippen LogP contribution is 2.14. The van der Waals surface area contributed by atoms with Crippen molar-refractivity contribution in [2.45, 2.75) is 194 Å². The first-order chi connectivity index (χ1) is 21.9. The summed E-state index contributed by atoms with van der Waals surface area (Å²) in [6, 6.07) is 0. The van der Waals surface area contributed by atoms with Crippen LogP contribution in [-0.4, -0.2) is 26.4 Å². The van der Waals surface area contributed by atoms with Gasteiger partial charge in [0, 0.05) is 12.8 Å². The molecule has 0 aliphatic heterocycles. The lowest BCUT2D eigenvalue weighted by atomic mass is 10.0. The molecule has 0 bridgehead atoms. The van der Waals surface area contributed by atoms with Gasteiger partial charge in [0.15, 0.2) is 0 Å². The molecule has 0 aromatic carbocycles. The van der Waals surface area contributed by atoms with Crippen molar-refractivity contribution in [2.24, 2.45) is 0 Å². The molecule has 1 N–H and O–H groups in total. The summed E-state index contributed by atoms with van der Waals surface area (Å²) < 4.78 is 0.259. The summed E-state index contributed by atoms with van der Waals surface area (Å²) in [6.07, 6.45) is 30.4. The van der Waals surface area contributed by atoms with Crippen LogP contribution in [0.5, 0.6) is 0 Å². The van der Waals surface area contributed by atoms with Gasteiger partial charge in [0.1, 0.15) is 0 Å². The second-order valence-electron chi connectivity index (χ2n) is 12.5. The zero-order valence-corrected chi connectivity index (χ0v) is 28.6. The first-order valence-corrected chi connectivity index (χ1v) is 18.3. The molecule has 1 aromatic rings. The van der Waals surface area contributed by atoms with Crippen LogP contribution in [0.2, 0.25) is 0 Å². The number of carbonyl (C=O) groups is 2. The monoisotopic (exact) mass is 637 g/mol. The molecule has 0 saturated carbocycles. The summed E-state index contributed by atoms with van der Waals surface area (Å²) in [6.45, 7) is 4.46. The molecular weight excluding hydrogens is 574 g/mol. The third-order valence-electron chi connectivity index (χ3n) is 8.29. The smallest absolute Gasteiger partial charge is 0.327 e. The van der Waals surface area contributed by atoms with Gasteiger partial charge in [-0.05, 0) is 12.8 Å². The molecule has 1 aromatic heterocycles. The zero-order chi connectivity index (χ0) is 33.0. The van der Waals surface area contributed by atoms with E-state index in [-0.39, 0.29) is 22.3 Å². The number of unbranched alkanes of at least 4 members (excludes halogenated alkanes) is 24. The SMILES string of the molecule is CCCCCCCCCCCCCCCC(=O)On1c(=O)[nH]c(=O)n(OC(=O)CCCCCCCCCCCCCCC)c1=O. The minimum Gasteiger partial charge on any atom is -0.327 e. The molecule has 0 atom stereocenters. The molecule has 10 nitrogen and oxygen atoms in total. The number of carbonyl (C=O) groups excluding carboxylic acids is 2. The van der Waals surface area contributed by atoms with Crippen molar-refractivity contribution in [2.75, 3.05) is 0 Å². The van der Waals surface area contributed by atoms with Crippen LogP contribution in [-0.2, 0) is 9.59 Å². The average molecular weight is 638 g/mol. The predicted molar refractivity (Wildman–Crippen MR) is 179 cm³/mol. The lowest BCUT2D eigenvalue weighted by Crippen LogP contribution is -2.55. The number of rotatable bonds is 30. The van der Waals surface area contributed by atoms with Crippen LogP contribution in [0, 0.1) is 0 Å². The molecule has 0 spiro atoms. The normalized spacial score (nSPS) is 11.2. The summed E-state index contributed by atoms with van der Waals surface area (Å²) in [5.41, 5.74) is -3.74. The maximum Gasteiger partial charge on any atom is 0.404 e. The first-order valence-electron chi connectivity index (χ1n) is 18.3. The van der Waals surface area contributed by atoms with Crippen molar-refractivity contribution in [1.82, 2.24) is 14.4 Å². The Bertz CT molecular complexity index is 997. The van der Waals surface area contributed by atoms with E-state index in [0.29, 0.717) is 12.8 Å². The summed E-state index contributed by atoms with van der Waals surface area (Å²) in [5.74, 6) is -1.54. The summed E-state index contributed by atoms with van der Waals surface area (Å²) in [5, 5.41) is 0. The minimum atomic E-state index is -1.33. The van der Waals surface area contributed by atoms with Crippen LogP contribution < -0.4 is 26.7 Å². The standard InChI is InChI=1S/C35H63N3O7/c1-3-5-7-9-11-13-15-17-19-21-23-25-27-29-31(39)44-37-33(41)36-34(42)38(35(37)43)45-32(40)30-28-26-24-22-20-18-16-14-12-10-8-6-4-2/h3-30H2,1-2H3,(H,36,41,42). The maximum atomic E-state index is 12.6. The van der Waals surface area contributed by atoms with E-state index in [1.165, 1.54) is 116 Å². The molecule has 0 radical (unpaired) electrons. The van der Waals surface area contributed by atoms with Crippen LogP contribution in [0.1, 0.15) is 194 Å². The van der Waals surface area contributed by atoms with Crippen molar-refractivity contribution in [3.05, 3.63) is 31.5 Å². The Hall–Kier alpha value is -2.65. The number of aromatic amines is 1. The van der Waals surface area contributed by atoms with E-state index in [1.54, 1.807) is 0 Å². The predicted octanol–water partition coefficient (Wildman–Crippen LogP) is 7.57. The topological polar surface area (TPSA) is 129 Å². The van der Waals surface area contributed by atoms with Gasteiger partial charge in [-0.15, -0.1) is 0 Å². The Morgan fingerprint density at radius 3 is 0.956 bits per heavy atom. The van der Waals surface area contributed by atoms with Crippen LogP contribution in [0.15, 0.2) is 14.4 Å². The quantitative estimate of drug-likeness (QED) is 0.0861. The third kappa shape index (κ3) is 20.9. The lowest BCUT2D eigenvalue weighted by Gasteiger charge is -2.08. The molecule has 1 rings (SSSR count). The van der Waals surface area contributed by atoms with Crippen molar-refractivity contribution in [3.8, 4) is 0 Å².